The lowest BCUT2D eigenvalue weighted by Gasteiger charge is -2.38. The number of furan rings is 1. The molecule has 5 heteroatoms. The number of hydrogen-bond acceptors (Lipinski definition) is 4. The van der Waals surface area contributed by atoms with E-state index in [0.29, 0.717) is 6.42 Å². The van der Waals surface area contributed by atoms with Gasteiger partial charge in [0.2, 0.25) is 0 Å². The van der Waals surface area contributed by atoms with E-state index in [1.807, 2.05) is 23.7 Å². The van der Waals surface area contributed by atoms with Crippen molar-refractivity contribution in [2.24, 2.45) is 5.41 Å². The molecular weight excluding hydrogens is 362 g/mol. The first-order chi connectivity index (χ1) is 13.8. The summed E-state index contributed by atoms with van der Waals surface area (Å²) in [6, 6.07) is 12.2. The van der Waals surface area contributed by atoms with E-state index in [9.17, 15) is 4.79 Å². The van der Waals surface area contributed by atoms with Gasteiger partial charge in [-0.1, -0.05) is 31.5 Å². The van der Waals surface area contributed by atoms with Crippen LogP contribution >= 0.6 is 0 Å². The molecule has 0 amide bonds. The number of aryl methyl sites for hydroxylation is 2. The van der Waals surface area contributed by atoms with Crippen LogP contribution in [0.3, 0.4) is 0 Å². The highest BCUT2D eigenvalue weighted by Gasteiger charge is 2.43. The van der Waals surface area contributed by atoms with Gasteiger partial charge >= 0.3 is 0 Å². The maximum atomic E-state index is 13.2. The molecule has 0 spiro atoms. The summed E-state index contributed by atoms with van der Waals surface area (Å²) in [5.41, 5.74) is 5.88. The number of allylic oxidation sites excluding steroid dienone is 2. The molecule has 1 N–H and O–H groups in total. The molecule has 3 aromatic rings. The maximum Gasteiger partial charge on any atom is 0.162 e. The van der Waals surface area contributed by atoms with Crippen LogP contribution in [0.15, 0.2) is 58.3 Å². The monoisotopic (exact) mass is 387 g/mol. The van der Waals surface area contributed by atoms with E-state index in [1.54, 1.807) is 6.26 Å². The number of rotatable bonds is 2. The van der Waals surface area contributed by atoms with Crippen molar-refractivity contribution in [1.29, 1.82) is 0 Å². The van der Waals surface area contributed by atoms with Crippen LogP contribution < -0.4 is 5.32 Å². The molecule has 0 bridgehead atoms. The molecule has 1 aliphatic carbocycles. The van der Waals surface area contributed by atoms with Crippen LogP contribution in [0.2, 0.25) is 0 Å². The second-order valence-electron chi connectivity index (χ2n) is 9.00. The number of benzene rings is 1. The third-order valence-electron chi connectivity index (χ3n) is 5.98. The highest BCUT2D eigenvalue weighted by atomic mass is 16.3. The van der Waals surface area contributed by atoms with Gasteiger partial charge < -0.3 is 9.73 Å². The number of nitrogens with one attached hydrogen (secondary N) is 1. The molecule has 0 saturated carbocycles. The number of ketones is 1. The molecule has 2 aromatic heterocycles. The van der Waals surface area contributed by atoms with Crippen molar-refractivity contribution in [2.45, 2.75) is 46.5 Å². The zero-order valence-corrected chi connectivity index (χ0v) is 17.2. The average Bonchev–Trinajstić information content (AvgIpc) is 3.28. The van der Waals surface area contributed by atoms with Crippen molar-refractivity contribution in [2.75, 3.05) is 5.32 Å². The first-order valence-electron chi connectivity index (χ1n) is 10.1. The quantitative estimate of drug-likeness (QED) is 0.650. The lowest BCUT2D eigenvalue weighted by Crippen LogP contribution is -2.34. The van der Waals surface area contributed by atoms with Crippen molar-refractivity contribution >= 4 is 11.6 Å². The van der Waals surface area contributed by atoms with E-state index in [1.165, 1.54) is 5.56 Å². The summed E-state index contributed by atoms with van der Waals surface area (Å²) in [5.74, 6) is 1.69. The number of carbonyl (C=O) groups excluding carboxylic acids is 1. The smallest absolute Gasteiger partial charge is 0.162 e. The number of aromatic nitrogens is 2. The zero-order valence-electron chi connectivity index (χ0n) is 17.2. The lowest BCUT2D eigenvalue weighted by atomic mass is 9.70. The highest BCUT2D eigenvalue weighted by molar-refractivity contribution is 6.01. The van der Waals surface area contributed by atoms with Crippen molar-refractivity contribution in [3.05, 3.63) is 76.5 Å². The zero-order chi connectivity index (χ0) is 20.3. The number of hydrogen-bond donors (Lipinski definition) is 1. The molecular formula is C24H25N3O2. The van der Waals surface area contributed by atoms with Gasteiger partial charge in [0.05, 0.1) is 23.6 Å². The molecule has 5 rings (SSSR count). The Morgan fingerprint density at radius 3 is 2.59 bits per heavy atom. The molecule has 0 unspecified atom stereocenters. The summed E-state index contributed by atoms with van der Waals surface area (Å²) in [6.07, 6.45) is 3.04. The Labute approximate surface area is 170 Å². The molecule has 5 nitrogen and oxygen atoms in total. The van der Waals surface area contributed by atoms with E-state index in [4.69, 9.17) is 9.52 Å². The third kappa shape index (κ3) is 2.84. The van der Waals surface area contributed by atoms with Crippen LogP contribution in [0, 0.1) is 19.3 Å². The standard InChI is InChI=1S/C24H25N3O2/c1-14-7-9-16(10-8-14)27-23-20(15(2)26-27)22(19-6-5-11-29-19)21-17(25-23)12-24(3,4)13-18(21)28/h5-11,22,25H,12-13H2,1-4H3/t22-/m1/s1. The van der Waals surface area contributed by atoms with Crippen LogP contribution in [0.5, 0.6) is 0 Å². The fourth-order valence-electron chi connectivity index (χ4n) is 4.69. The van der Waals surface area contributed by atoms with Crippen LogP contribution in [-0.4, -0.2) is 15.6 Å². The highest BCUT2D eigenvalue weighted by Crippen LogP contribution is 2.50. The Balaban J connectivity index is 1.74. The first kappa shape index (κ1) is 18.0. The summed E-state index contributed by atoms with van der Waals surface area (Å²) in [6.45, 7) is 8.38. The van der Waals surface area contributed by atoms with Crippen molar-refractivity contribution < 1.29 is 9.21 Å². The Kier molecular flexibility index (Phi) is 3.85. The molecule has 2 aliphatic rings. The number of fused-ring (bicyclic) bond motifs is 1. The molecule has 0 fully saturated rings. The summed E-state index contributed by atoms with van der Waals surface area (Å²) >= 11 is 0. The number of anilines is 1. The van der Waals surface area contributed by atoms with Crippen molar-refractivity contribution in [1.82, 2.24) is 9.78 Å². The van der Waals surface area contributed by atoms with Crippen molar-refractivity contribution in [3.63, 3.8) is 0 Å². The molecule has 0 saturated heterocycles. The van der Waals surface area contributed by atoms with Crippen LogP contribution in [0.4, 0.5) is 5.82 Å². The molecule has 148 valence electrons. The van der Waals surface area contributed by atoms with Gasteiger partial charge in [0.25, 0.3) is 0 Å². The van der Waals surface area contributed by atoms with Gasteiger partial charge in [0.15, 0.2) is 5.78 Å². The molecule has 1 atom stereocenters. The SMILES string of the molecule is Cc1ccc(-n2nc(C)c3c2NC2=C(C(=O)CC(C)(C)C2)[C@@H]3c2ccco2)cc1. The molecule has 1 aliphatic heterocycles. The second kappa shape index (κ2) is 6.21. The maximum absolute atomic E-state index is 13.2. The average molecular weight is 387 g/mol. The van der Waals surface area contributed by atoms with Crippen molar-refractivity contribution in [3.8, 4) is 5.69 Å². The minimum absolute atomic E-state index is 0.0715. The van der Waals surface area contributed by atoms with Gasteiger partial charge in [-0.2, -0.15) is 5.10 Å². The molecule has 29 heavy (non-hydrogen) atoms. The Hall–Kier alpha value is -3.08. The van der Waals surface area contributed by atoms with E-state index in [-0.39, 0.29) is 17.1 Å². The number of Topliss-reactive ketones (excluding diaryl/α,β-unsaturated/α-hetero) is 1. The molecule has 3 heterocycles. The van der Waals surface area contributed by atoms with E-state index < -0.39 is 0 Å². The van der Waals surface area contributed by atoms with Crippen LogP contribution in [0.1, 0.15) is 55.2 Å². The molecule has 1 aromatic carbocycles. The minimum atomic E-state index is -0.223. The summed E-state index contributed by atoms with van der Waals surface area (Å²) in [4.78, 5) is 13.2. The first-order valence-corrected chi connectivity index (χ1v) is 10.1. The summed E-state index contributed by atoms with van der Waals surface area (Å²) in [5, 5.41) is 8.44. The van der Waals surface area contributed by atoms with E-state index in [0.717, 1.165) is 46.2 Å². The summed E-state index contributed by atoms with van der Waals surface area (Å²) in [7, 11) is 0. The Morgan fingerprint density at radius 1 is 1.14 bits per heavy atom. The Morgan fingerprint density at radius 2 is 1.90 bits per heavy atom. The molecule has 0 radical (unpaired) electrons. The van der Waals surface area contributed by atoms with Crippen LogP contribution in [0.25, 0.3) is 5.69 Å². The Bertz CT molecular complexity index is 1130. The number of carbonyl (C=O) groups is 1. The summed E-state index contributed by atoms with van der Waals surface area (Å²) < 4.78 is 7.77. The van der Waals surface area contributed by atoms with Gasteiger partial charge in [-0.3, -0.25) is 4.79 Å². The second-order valence-corrected chi connectivity index (χ2v) is 9.00. The topological polar surface area (TPSA) is 60.1 Å². The number of nitrogens with zero attached hydrogens (tertiary/aromatic N) is 2. The predicted octanol–water partition coefficient (Wildman–Crippen LogP) is 5.28. The fourth-order valence-corrected chi connectivity index (χ4v) is 4.69. The van der Waals surface area contributed by atoms with Gasteiger partial charge in [0, 0.05) is 23.3 Å². The van der Waals surface area contributed by atoms with Crippen LogP contribution in [-0.2, 0) is 4.79 Å². The fraction of sp³-hybridized carbons (Fsp3) is 0.333. The lowest BCUT2D eigenvalue weighted by molar-refractivity contribution is -0.118. The van der Waals surface area contributed by atoms with Gasteiger partial charge in [-0.25, -0.2) is 4.68 Å². The van der Waals surface area contributed by atoms with E-state index in [2.05, 4.69) is 50.4 Å². The minimum Gasteiger partial charge on any atom is -0.468 e. The third-order valence-corrected chi connectivity index (χ3v) is 5.98. The van der Waals surface area contributed by atoms with Gasteiger partial charge in [-0.15, -0.1) is 0 Å². The van der Waals surface area contributed by atoms with Gasteiger partial charge in [0.1, 0.15) is 11.6 Å². The predicted molar refractivity (Wildman–Crippen MR) is 112 cm³/mol. The van der Waals surface area contributed by atoms with E-state index >= 15 is 0 Å². The van der Waals surface area contributed by atoms with Gasteiger partial charge in [-0.05, 0) is 49.9 Å². The normalized spacial score (nSPS) is 20.3. The largest absolute Gasteiger partial charge is 0.468 e.